The number of nitrogens with one attached hydrogen (secondary N) is 2. The summed E-state index contributed by atoms with van der Waals surface area (Å²) >= 11 is 25.5. The van der Waals surface area contributed by atoms with E-state index in [1.807, 2.05) is 25.3 Å². The Kier molecular flexibility index (Phi) is 9.72. The molecule has 35 heavy (non-hydrogen) atoms. The molecule has 0 aliphatic carbocycles. The van der Waals surface area contributed by atoms with Crippen molar-refractivity contribution in [3.63, 3.8) is 0 Å². The molecule has 7 nitrogen and oxygen atoms in total. The third-order valence-corrected chi connectivity index (χ3v) is 7.36. The molecule has 0 bridgehead atoms. The Hall–Kier alpha value is -1.97. The Bertz CT molecular complexity index is 1230. The highest BCUT2D eigenvalue weighted by molar-refractivity contribution is 7.99. The van der Waals surface area contributed by atoms with E-state index in [1.165, 1.54) is 23.9 Å². The average Bonchev–Trinajstić information content (AvgIpc) is 3.22. The second kappa shape index (κ2) is 12.3. The quantitative estimate of drug-likeness (QED) is 0.217. The van der Waals surface area contributed by atoms with E-state index in [0.717, 1.165) is 0 Å². The number of hydrogen-bond acceptors (Lipinski definition) is 5. The highest BCUT2D eigenvalue weighted by Gasteiger charge is 2.27. The molecule has 186 valence electrons. The van der Waals surface area contributed by atoms with Gasteiger partial charge >= 0.3 is 0 Å². The molecular formula is C23H23Cl4N5O2S. The Morgan fingerprint density at radius 2 is 1.69 bits per heavy atom. The Labute approximate surface area is 227 Å². The third-order valence-electron chi connectivity index (χ3n) is 5.03. The van der Waals surface area contributed by atoms with Crippen LogP contribution in [0.1, 0.15) is 43.0 Å². The van der Waals surface area contributed by atoms with E-state index in [2.05, 4.69) is 20.8 Å². The van der Waals surface area contributed by atoms with Crippen molar-refractivity contribution >= 4 is 75.7 Å². The van der Waals surface area contributed by atoms with Crippen molar-refractivity contribution in [3.8, 4) is 0 Å². The number of aromatic nitrogens is 3. The molecule has 3 rings (SSSR count). The molecule has 0 unspecified atom stereocenters. The molecule has 3 aromatic rings. The summed E-state index contributed by atoms with van der Waals surface area (Å²) in [5.74, 6) is 0.0849. The molecule has 2 amide bonds. The first-order valence-electron chi connectivity index (χ1n) is 10.7. The summed E-state index contributed by atoms with van der Waals surface area (Å²) in [4.78, 5) is 25.4. The summed E-state index contributed by atoms with van der Waals surface area (Å²) in [5.41, 5.74) is 0.751. The zero-order valence-electron chi connectivity index (χ0n) is 19.1. The van der Waals surface area contributed by atoms with Crippen LogP contribution in [0.5, 0.6) is 0 Å². The predicted molar refractivity (Wildman–Crippen MR) is 143 cm³/mol. The van der Waals surface area contributed by atoms with Gasteiger partial charge in [0.25, 0.3) is 5.91 Å². The van der Waals surface area contributed by atoms with Crippen LogP contribution in [-0.2, 0) is 11.3 Å². The van der Waals surface area contributed by atoms with E-state index in [-0.39, 0.29) is 33.5 Å². The zero-order chi connectivity index (χ0) is 25.7. The van der Waals surface area contributed by atoms with Crippen molar-refractivity contribution < 1.29 is 9.59 Å². The van der Waals surface area contributed by atoms with Crippen molar-refractivity contribution in [3.05, 3.63) is 67.9 Å². The van der Waals surface area contributed by atoms with Gasteiger partial charge in [0.05, 0.1) is 43.1 Å². The van der Waals surface area contributed by atoms with Crippen LogP contribution in [0.4, 0.5) is 5.69 Å². The molecule has 0 spiro atoms. The van der Waals surface area contributed by atoms with E-state index >= 15 is 0 Å². The van der Waals surface area contributed by atoms with E-state index in [0.29, 0.717) is 38.8 Å². The van der Waals surface area contributed by atoms with Crippen molar-refractivity contribution in [2.24, 2.45) is 5.92 Å². The van der Waals surface area contributed by atoms with E-state index in [9.17, 15) is 9.59 Å². The fraction of sp³-hybridized carbons (Fsp3) is 0.304. The Balaban J connectivity index is 1.73. The van der Waals surface area contributed by atoms with Gasteiger partial charge in [-0.2, -0.15) is 0 Å². The molecule has 0 aliphatic rings. The van der Waals surface area contributed by atoms with Gasteiger partial charge in [0, 0.05) is 6.54 Å². The van der Waals surface area contributed by atoms with E-state index in [4.69, 9.17) is 46.4 Å². The number of thioether (sulfide) groups is 1. The van der Waals surface area contributed by atoms with Gasteiger partial charge in [-0.3, -0.25) is 9.59 Å². The number of carbonyl (C=O) groups is 2. The summed E-state index contributed by atoms with van der Waals surface area (Å²) in [6, 6.07) is 9.41. The van der Waals surface area contributed by atoms with Crippen LogP contribution >= 0.6 is 58.2 Å². The largest absolute Gasteiger partial charge is 0.342 e. The second-order valence-corrected chi connectivity index (χ2v) is 10.4. The first-order chi connectivity index (χ1) is 16.6. The normalized spacial score (nSPS) is 12.0. The maximum atomic E-state index is 12.9. The maximum Gasteiger partial charge on any atom is 0.253 e. The van der Waals surface area contributed by atoms with Crippen LogP contribution in [0.3, 0.4) is 0 Å². The molecule has 0 radical (unpaired) electrons. The molecule has 0 aliphatic heterocycles. The minimum atomic E-state index is -0.413. The predicted octanol–water partition coefficient (Wildman–Crippen LogP) is 6.77. The number of amides is 2. The van der Waals surface area contributed by atoms with Gasteiger partial charge in [-0.25, -0.2) is 0 Å². The van der Waals surface area contributed by atoms with Crippen LogP contribution in [0.25, 0.3) is 0 Å². The summed E-state index contributed by atoms with van der Waals surface area (Å²) < 4.78 is 1.88. The minimum absolute atomic E-state index is 0.0221. The number of anilines is 1. The van der Waals surface area contributed by atoms with E-state index < -0.39 is 6.04 Å². The fourth-order valence-electron chi connectivity index (χ4n) is 3.26. The highest BCUT2D eigenvalue weighted by atomic mass is 35.5. The third kappa shape index (κ3) is 6.83. The van der Waals surface area contributed by atoms with Crippen molar-refractivity contribution in [1.82, 2.24) is 20.1 Å². The lowest BCUT2D eigenvalue weighted by atomic mass is 10.0. The lowest BCUT2D eigenvalue weighted by Crippen LogP contribution is -2.34. The minimum Gasteiger partial charge on any atom is -0.342 e. The number of carbonyl (C=O) groups excluding carboxylic acids is 2. The molecule has 1 heterocycles. The standard InChI is InChI=1S/C23H23Cl4N5O2S/c1-4-32-21(20(12(2)3)29-22(34)13-7-5-6-8-14(13)24)30-31-23(32)35-11-19(33)28-18-10-16(26)15(25)9-17(18)27/h5-10,12,20H,4,11H2,1-3H3,(H,28,33)(H,29,34)/t20-/m0/s1. The molecule has 0 fully saturated rings. The molecule has 2 aromatic carbocycles. The van der Waals surface area contributed by atoms with Crippen LogP contribution in [0, 0.1) is 5.92 Å². The summed E-state index contributed by atoms with van der Waals surface area (Å²) in [6.45, 7) is 6.46. The summed E-state index contributed by atoms with van der Waals surface area (Å²) in [7, 11) is 0. The van der Waals surface area contributed by atoms with Gasteiger partial charge in [0.15, 0.2) is 11.0 Å². The molecule has 1 atom stereocenters. The molecule has 0 saturated carbocycles. The summed E-state index contributed by atoms with van der Waals surface area (Å²) in [5, 5.41) is 16.1. The zero-order valence-corrected chi connectivity index (χ0v) is 23.0. The fourth-order valence-corrected chi connectivity index (χ4v) is 4.89. The lowest BCUT2D eigenvalue weighted by Gasteiger charge is -2.22. The van der Waals surface area contributed by atoms with Gasteiger partial charge in [-0.1, -0.05) is 84.1 Å². The number of benzene rings is 2. The topological polar surface area (TPSA) is 88.9 Å². The van der Waals surface area contributed by atoms with Crippen LogP contribution < -0.4 is 10.6 Å². The van der Waals surface area contributed by atoms with Crippen LogP contribution in [0.15, 0.2) is 41.6 Å². The number of hydrogen-bond donors (Lipinski definition) is 2. The first-order valence-corrected chi connectivity index (χ1v) is 13.2. The Morgan fingerprint density at radius 1 is 1.00 bits per heavy atom. The molecule has 2 N–H and O–H groups in total. The molecule has 1 aromatic heterocycles. The van der Waals surface area contributed by atoms with Crippen LogP contribution in [0.2, 0.25) is 20.1 Å². The first kappa shape index (κ1) is 27.6. The smallest absolute Gasteiger partial charge is 0.253 e. The maximum absolute atomic E-state index is 12.9. The second-order valence-electron chi connectivity index (χ2n) is 7.84. The van der Waals surface area contributed by atoms with Crippen molar-refractivity contribution in [1.29, 1.82) is 0 Å². The van der Waals surface area contributed by atoms with Gasteiger partial charge in [-0.15, -0.1) is 10.2 Å². The van der Waals surface area contributed by atoms with Crippen molar-refractivity contribution in [2.45, 2.75) is 38.5 Å². The molecule has 12 heteroatoms. The van der Waals surface area contributed by atoms with E-state index in [1.54, 1.807) is 24.3 Å². The number of halogens is 4. The Morgan fingerprint density at radius 3 is 2.34 bits per heavy atom. The van der Waals surface area contributed by atoms with Gasteiger partial charge in [0.2, 0.25) is 5.91 Å². The summed E-state index contributed by atoms with van der Waals surface area (Å²) in [6.07, 6.45) is 0. The van der Waals surface area contributed by atoms with Gasteiger partial charge in [0.1, 0.15) is 0 Å². The van der Waals surface area contributed by atoms with Crippen molar-refractivity contribution in [2.75, 3.05) is 11.1 Å². The SMILES string of the molecule is CCn1c(SCC(=O)Nc2cc(Cl)c(Cl)cc2Cl)nnc1[C@@H](NC(=O)c1ccccc1Cl)C(C)C. The number of rotatable bonds is 9. The number of nitrogens with zero attached hydrogens (tertiary/aromatic N) is 3. The monoisotopic (exact) mass is 573 g/mol. The molecular weight excluding hydrogens is 552 g/mol. The van der Waals surface area contributed by atoms with Gasteiger partial charge in [-0.05, 0) is 37.1 Å². The van der Waals surface area contributed by atoms with Gasteiger partial charge < -0.3 is 15.2 Å². The highest BCUT2D eigenvalue weighted by Crippen LogP contribution is 2.32. The molecule has 0 saturated heterocycles. The van der Waals surface area contributed by atoms with Crippen LogP contribution in [-0.4, -0.2) is 32.3 Å². The lowest BCUT2D eigenvalue weighted by molar-refractivity contribution is -0.113. The average molecular weight is 575 g/mol.